The minimum absolute atomic E-state index is 0.127. The number of rotatable bonds is 4. The zero-order valence-corrected chi connectivity index (χ0v) is 12.5. The summed E-state index contributed by atoms with van der Waals surface area (Å²) in [4.78, 5) is 11.9. The van der Waals surface area contributed by atoms with Crippen molar-refractivity contribution >= 4 is 17.3 Å². The summed E-state index contributed by atoms with van der Waals surface area (Å²) in [6, 6.07) is 0.257. The van der Waals surface area contributed by atoms with Gasteiger partial charge in [-0.25, -0.2) is 4.68 Å². The fourth-order valence-electron chi connectivity index (χ4n) is 2.53. The van der Waals surface area contributed by atoms with Gasteiger partial charge in [-0.05, 0) is 10.8 Å². The molecule has 1 aromatic rings. The molecule has 5 nitrogen and oxygen atoms in total. The van der Waals surface area contributed by atoms with Crippen LogP contribution in [0.4, 0.5) is 5.69 Å². The van der Waals surface area contributed by atoms with Crippen LogP contribution < -0.4 is 10.9 Å². The first-order chi connectivity index (χ1) is 8.73. The minimum Gasteiger partial charge on any atom is -0.394 e. The third-order valence-electron chi connectivity index (χ3n) is 4.62. The number of anilines is 1. The fourth-order valence-corrected chi connectivity index (χ4v) is 2.73. The number of nitrogens with one attached hydrogen (secondary N) is 1. The average Bonchev–Trinajstić information content (AvgIpc) is 2.71. The van der Waals surface area contributed by atoms with E-state index in [1.165, 1.54) is 0 Å². The standard InChI is InChI=1S/C13H20ClN3O2/c1-12(2)11(13(12,3)4)16-8-7-15-17(5-6-18)10(19)9(8)14/h7,11,16,18H,5-6H2,1-4H3. The van der Waals surface area contributed by atoms with Crippen LogP contribution in [0.3, 0.4) is 0 Å². The summed E-state index contributed by atoms with van der Waals surface area (Å²) >= 11 is 6.07. The number of aromatic nitrogens is 2. The van der Waals surface area contributed by atoms with E-state index in [1.54, 1.807) is 6.20 Å². The Hall–Kier alpha value is -1.07. The molecule has 0 saturated heterocycles. The number of nitrogens with zero attached hydrogens (tertiary/aromatic N) is 2. The van der Waals surface area contributed by atoms with Crippen LogP contribution in [0.15, 0.2) is 11.0 Å². The van der Waals surface area contributed by atoms with E-state index in [2.05, 4.69) is 38.1 Å². The molecule has 1 aliphatic carbocycles. The molecule has 0 aliphatic heterocycles. The average molecular weight is 286 g/mol. The lowest BCUT2D eigenvalue weighted by Crippen LogP contribution is -2.26. The van der Waals surface area contributed by atoms with E-state index in [0.717, 1.165) is 4.68 Å². The lowest BCUT2D eigenvalue weighted by atomic mass is 10.0. The number of aliphatic hydroxyl groups is 1. The van der Waals surface area contributed by atoms with Gasteiger partial charge in [0.25, 0.3) is 5.56 Å². The van der Waals surface area contributed by atoms with Gasteiger partial charge in [0.05, 0.1) is 25.0 Å². The van der Waals surface area contributed by atoms with E-state index in [1.807, 2.05) is 0 Å². The Kier molecular flexibility index (Phi) is 3.39. The van der Waals surface area contributed by atoms with E-state index in [4.69, 9.17) is 16.7 Å². The summed E-state index contributed by atoms with van der Waals surface area (Å²) in [5, 5.41) is 16.3. The number of halogens is 1. The van der Waals surface area contributed by atoms with Gasteiger partial charge in [-0.2, -0.15) is 5.10 Å². The first-order valence-corrected chi connectivity index (χ1v) is 6.74. The molecule has 0 unspecified atom stereocenters. The van der Waals surface area contributed by atoms with Crippen LogP contribution in [0.1, 0.15) is 27.7 Å². The van der Waals surface area contributed by atoms with Gasteiger partial charge < -0.3 is 10.4 Å². The summed E-state index contributed by atoms with van der Waals surface area (Å²) < 4.78 is 1.16. The molecule has 1 aliphatic rings. The van der Waals surface area contributed by atoms with Crippen LogP contribution in [0.25, 0.3) is 0 Å². The molecule has 0 aromatic carbocycles. The molecule has 2 N–H and O–H groups in total. The molecule has 1 fully saturated rings. The Bertz CT molecular complexity index is 537. The minimum atomic E-state index is -0.378. The molecule has 19 heavy (non-hydrogen) atoms. The lowest BCUT2D eigenvalue weighted by molar-refractivity contribution is 0.266. The zero-order chi connectivity index (χ0) is 14.4. The quantitative estimate of drug-likeness (QED) is 0.884. The van der Waals surface area contributed by atoms with Crippen molar-refractivity contribution in [3.05, 3.63) is 21.6 Å². The largest absolute Gasteiger partial charge is 0.394 e. The van der Waals surface area contributed by atoms with Crippen molar-refractivity contribution in [2.24, 2.45) is 10.8 Å². The SMILES string of the molecule is CC1(C)C(Nc2cnn(CCO)c(=O)c2Cl)C1(C)C. The highest BCUT2D eigenvalue weighted by molar-refractivity contribution is 6.32. The molecule has 0 bridgehead atoms. The topological polar surface area (TPSA) is 67.2 Å². The van der Waals surface area contributed by atoms with Crippen molar-refractivity contribution < 1.29 is 5.11 Å². The van der Waals surface area contributed by atoms with Gasteiger partial charge in [0, 0.05) is 6.04 Å². The Morgan fingerprint density at radius 2 is 2.00 bits per heavy atom. The molecular weight excluding hydrogens is 266 g/mol. The Morgan fingerprint density at radius 3 is 2.47 bits per heavy atom. The highest BCUT2D eigenvalue weighted by Crippen LogP contribution is 2.63. The van der Waals surface area contributed by atoms with Gasteiger partial charge in [-0.1, -0.05) is 39.3 Å². The second-order valence-corrected chi connectivity index (χ2v) is 6.52. The van der Waals surface area contributed by atoms with E-state index >= 15 is 0 Å². The van der Waals surface area contributed by atoms with Crippen molar-refractivity contribution in [2.75, 3.05) is 11.9 Å². The van der Waals surface area contributed by atoms with Gasteiger partial charge >= 0.3 is 0 Å². The number of aliphatic hydroxyl groups excluding tert-OH is 1. The molecule has 1 heterocycles. The van der Waals surface area contributed by atoms with Gasteiger partial charge in [0.1, 0.15) is 5.02 Å². The van der Waals surface area contributed by atoms with Crippen LogP contribution in [0.2, 0.25) is 5.02 Å². The number of hydrogen-bond donors (Lipinski definition) is 2. The van der Waals surface area contributed by atoms with E-state index in [9.17, 15) is 4.79 Å². The Balaban J connectivity index is 2.25. The predicted molar refractivity (Wildman–Crippen MR) is 75.6 cm³/mol. The van der Waals surface area contributed by atoms with Crippen molar-refractivity contribution in [2.45, 2.75) is 40.3 Å². The monoisotopic (exact) mass is 285 g/mol. The summed E-state index contributed by atoms with van der Waals surface area (Å²) in [6.07, 6.45) is 1.55. The third kappa shape index (κ3) is 2.15. The summed E-state index contributed by atoms with van der Waals surface area (Å²) in [6.45, 7) is 8.73. The first-order valence-electron chi connectivity index (χ1n) is 6.36. The van der Waals surface area contributed by atoms with Gasteiger partial charge in [-0.15, -0.1) is 0 Å². The summed E-state index contributed by atoms with van der Waals surface area (Å²) in [7, 11) is 0. The zero-order valence-electron chi connectivity index (χ0n) is 11.7. The van der Waals surface area contributed by atoms with Gasteiger partial charge in [0.15, 0.2) is 0 Å². The highest BCUT2D eigenvalue weighted by Gasteiger charge is 2.65. The van der Waals surface area contributed by atoms with Crippen molar-refractivity contribution in [3.63, 3.8) is 0 Å². The molecule has 106 valence electrons. The lowest BCUT2D eigenvalue weighted by Gasteiger charge is -2.11. The van der Waals surface area contributed by atoms with Crippen LogP contribution in [-0.2, 0) is 6.54 Å². The molecule has 6 heteroatoms. The van der Waals surface area contributed by atoms with Crippen LogP contribution in [0, 0.1) is 10.8 Å². The molecule has 0 atom stereocenters. The van der Waals surface area contributed by atoms with Gasteiger partial charge in [0.2, 0.25) is 0 Å². The maximum Gasteiger partial charge on any atom is 0.287 e. The molecule has 1 aromatic heterocycles. The molecule has 0 spiro atoms. The molecular formula is C13H20ClN3O2. The normalized spacial score (nSPS) is 20.3. The third-order valence-corrected chi connectivity index (χ3v) is 4.98. The second kappa shape index (κ2) is 4.49. The van der Waals surface area contributed by atoms with Crippen LogP contribution in [0.5, 0.6) is 0 Å². The fraction of sp³-hybridized carbons (Fsp3) is 0.692. The number of hydrogen-bond acceptors (Lipinski definition) is 4. The van der Waals surface area contributed by atoms with Crippen molar-refractivity contribution in [1.82, 2.24) is 9.78 Å². The smallest absolute Gasteiger partial charge is 0.287 e. The van der Waals surface area contributed by atoms with Crippen molar-refractivity contribution in [3.8, 4) is 0 Å². The summed E-state index contributed by atoms with van der Waals surface area (Å²) in [5.74, 6) is 0. The Labute approximate surface area is 117 Å². The van der Waals surface area contributed by atoms with E-state index < -0.39 is 0 Å². The van der Waals surface area contributed by atoms with Crippen LogP contribution >= 0.6 is 11.6 Å². The maximum absolute atomic E-state index is 11.9. The molecule has 1 saturated carbocycles. The summed E-state index contributed by atoms with van der Waals surface area (Å²) in [5.41, 5.74) is 0.480. The Morgan fingerprint density at radius 1 is 1.42 bits per heavy atom. The maximum atomic E-state index is 11.9. The second-order valence-electron chi connectivity index (χ2n) is 6.14. The molecule has 2 rings (SSSR count). The van der Waals surface area contributed by atoms with Crippen molar-refractivity contribution in [1.29, 1.82) is 0 Å². The van der Waals surface area contributed by atoms with Crippen LogP contribution in [-0.4, -0.2) is 27.5 Å². The first kappa shape index (κ1) is 14.3. The van der Waals surface area contributed by atoms with E-state index in [-0.39, 0.29) is 40.6 Å². The highest BCUT2D eigenvalue weighted by atomic mass is 35.5. The molecule has 0 amide bonds. The van der Waals surface area contributed by atoms with Gasteiger partial charge in [-0.3, -0.25) is 4.79 Å². The predicted octanol–water partition coefficient (Wildman–Crippen LogP) is 1.74. The van der Waals surface area contributed by atoms with E-state index in [0.29, 0.717) is 5.69 Å². The molecule has 0 radical (unpaired) electrons.